The number of furan rings is 1. The van der Waals surface area contributed by atoms with Crippen molar-refractivity contribution in [1.82, 2.24) is 9.62 Å². The number of amides is 1. The van der Waals surface area contributed by atoms with Crippen molar-refractivity contribution in [2.24, 2.45) is 0 Å². The Morgan fingerprint density at radius 1 is 1.23 bits per heavy atom. The predicted molar refractivity (Wildman–Crippen MR) is 98.3 cm³/mol. The summed E-state index contributed by atoms with van der Waals surface area (Å²) in [6, 6.07) is 10.2. The van der Waals surface area contributed by atoms with E-state index in [9.17, 15) is 13.2 Å². The Bertz CT molecular complexity index is 815. The maximum atomic E-state index is 12.5. The molecule has 0 fully saturated rings. The SMILES string of the molecule is Cc1ccc(S(=O)(=O)N(C)CC(=O)NC[C@H](c2ccco2)[NH+](C)C)cc1. The molecule has 1 aromatic heterocycles. The monoisotopic (exact) mass is 380 g/mol. The molecule has 0 spiro atoms. The van der Waals surface area contributed by atoms with Crippen LogP contribution in [0, 0.1) is 6.92 Å². The molecule has 0 bridgehead atoms. The number of rotatable bonds is 8. The molecular weight excluding hydrogens is 354 g/mol. The Labute approximate surface area is 154 Å². The molecule has 0 saturated heterocycles. The van der Waals surface area contributed by atoms with Gasteiger partial charge in [0.05, 0.1) is 38.3 Å². The minimum atomic E-state index is -3.70. The molecule has 0 saturated carbocycles. The summed E-state index contributed by atoms with van der Waals surface area (Å²) in [5.41, 5.74) is 0.972. The first kappa shape index (κ1) is 20.2. The zero-order valence-corrected chi connectivity index (χ0v) is 16.3. The lowest BCUT2D eigenvalue weighted by Crippen LogP contribution is -3.07. The van der Waals surface area contributed by atoms with Gasteiger partial charge in [0.2, 0.25) is 15.9 Å². The lowest BCUT2D eigenvalue weighted by Gasteiger charge is -2.21. The van der Waals surface area contributed by atoms with Crippen LogP contribution in [0.2, 0.25) is 0 Å². The van der Waals surface area contributed by atoms with E-state index in [1.54, 1.807) is 36.6 Å². The standard InChI is InChI=1S/C18H25N3O4S/c1-14-7-9-15(10-8-14)26(23,24)21(4)13-18(22)19-12-16(20(2)3)17-6-5-11-25-17/h5-11,16H,12-13H2,1-4H3,(H,19,22)/p+1/t16-/m1/s1. The number of sulfonamides is 1. The molecule has 0 aliphatic rings. The van der Waals surface area contributed by atoms with Crippen molar-refractivity contribution in [3.63, 3.8) is 0 Å². The lowest BCUT2D eigenvalue weighted by atomic mass is 10.2. The topological polar surface area (TPSA) is 84.1 Å². The van der Waals surface area contributed by atoms with E-state index >= 15 is 0 Å². The van der Waals surface area contributed by atoms with E-state index < -0.39 is 10.0 Å². The molecule has 1 aromatic carbocycles. The Morgan fingerprint density at radius 3 is 2.42 bits per heavy atom. The third-order valence-corrected chi connectivity index (χ3v) is 6.00. The van der Waals surface area contributed by atoms with Crippen LogP contribution in [0.15, 0.2) is 52.0 Å². The highest BCUT2D eigenvalue weighted by molar-refractivity contribution is 7.89. The second-order valence-corrected chi connectivity index (χ2v) is 8.57. The van der Waals surface area contributed by atoms with Crippen molar-refractivity contribution < 1.29 is 22.5 Å². The Morgan fingerprint density at radius 2 is 1.88 bits per heavy atom. The quantitative estimate of drug-likeness (QED) is 0.686. The zero-order valence-electron chi connectivity index (χ0n) is 15.5. The average Bonchev–Trinajstić information content (AvgIpc) is 3.09. The highest BCUT2D eigenvalue weighted by atomic mass is 32.2. The largest absolute Gasteiger partial charge is 0.463 e. The van der Waals surface area contributed by atoms with Crippen LogP contribution in [0.4, 0.5) is 0 Å². The molecule has 2 rings (SSSR count). The minimum Gasteiger partial charge on any atom is -0.463 e. The fraction of sp³-hybridized carbons (Fsp3) is 0.389. The molecule has 1 atom stereocenters. The maximum absolute atomic E-state index is 12.5. The molecule has 7 nitrogen and oxygen atoms in total. The molecule has 0 unspecified atom stereocenters. The molecule has 0 radical (unpaired) electrons. The van der Waals surface area contributed by atoms with Crippen LogP contribution >= 0.6 is 0 Å². The van der Waals surface area contributed by atoms with Gasteiger partial charge in [-0.1, -0.05) is 17.7 Å². The second-order valence-electron chi connectivity index (χ2n) is 6.52. The third-order valence-electron chi connectivity index (χ3n) is 4.18. The number of nitrogens with one attached hydrogen (secondary N) is 2. The summed E-state index contributed by atoms with van der Waals surface area (Å²) in [6.07, 6.45) is 1.59. The van der Waals surface area contributed by atoms with E-state index in [-0.39, 0.29) is 23.4 Å². The number of quaternary nitrogens is 1. The number of hydrogen-bond donors (Lipinski definition) is 2. The zero-order chi connectivity index (χ0) is 19.3. The number of carbonyl (C=O) groups is 1. The number of benzene rings is 1. The van der Waals surface area contributed by atoms with E-state index in [1.807, 2.05) is 27.1 Å². The van der Waals surface area contributed by atoms with E-state index in [1.165, 1.54) is 7.05 Å². The molecule has 0 aliphatic carbocycles. The van der Waals surface area contributed by atoms with Crippen LogP contribution in [-0.2, 0) is 14.8 Å². The number of carbonyl (C=O) groups excluding carboxylic acids is 1. The first-order valence-electron chi connectivity index (χ1n) is 8.35. The van der Waals surface area contributed by atoms with Crippen LogP contribution in [0.1, 0.15) is 17.4 Å². The second kappa shape index (κ2) is 8.48. The number of likely N-dealkylation sites (N-methyl/N-ethyl adjacent to an activating group) is 2. The molecule has 26 heavy (non-hydrogen) atoms. The van der Waals surface area contributed by atoms with Crippen molar-refractivity contribution >= 4 is 15.9 Å². The average molecular weight is 380 g/mol. The smallest absolute Gasteiger partial charge is 0.243 e. The number of aryl methyl sites for hydroxylation is 1. The van der Waals surface area contributed by atoms with Gasteiger partial charge >= 0.3 is 0 Å². The van der Waals surface area contributed by atoms with Gasteiger partial charge in [-0.3, -0.25) is 4.79 Å². The minimum absolute atomic E-state index is 0.0482. The number of nitrogens with zero attached hydrogens (tertiary/aromatic N) is 1. The molecule has 2 aromatic rings. The van der Waals surface area contributed by atoms with Gasteiger partial charge in [-0.2, -0.15) is 4.31 Å². The van der Waals surface area contributed by atoms with Crippen molar-refractivity contribution in [1.29, 1.82) is 0 Å². The molecule has 2 N–H and O–H groups in total. The van der Waals surface area contributed by atoms with Crippen molar-refractivity contribution in [3.8, 4) is 0 Å². The van der Waals surface area contributed by atoms with Gasteiger partial charge in [-0.15, -0.1) is 0 Å². The van der Waals surface area contributed by atoms with Crippen LogP contribution in [0.5, 0.6) is 0 Å². The van der Waals surface area contributed by atoms with Crippen molar-refractivity contribution in [3.05, 3.63) is 54.0 Å². The van der Waals surface area contributed by atoms with Gasteiger partial charge in [0, 0.05) is 7.05 Å². The molecule has 8 heteroatoms. The van der Waals surface area contributed by atoms with Gasteiger partial charge in [0.1, 0.15) is 0 Å². The highest BCUT2D eigenvalue weighted by Gasteiger charge is 2.25. The predicted octanol–water partition coefficient (Wildman–Crippen LogP) is 0.211. The Hall–Kier alpha value is -2.16. The summed E-state index contributed by atoms with van der Waals surface area (Å²) in [5.74, 6) is 0.409. The summed E-state index contributed by atoms with van der Waals surface area (Å²) < 4.78 is 31.5. The van der Waals surface area contributed by atoms with Crippen LogP contribution < -0.4 is 10.2 Å². The lowest BCUT2D eigenvalue weighted by molar-refractivity contribution is -0.891. The normalized spacial score (nSPS) is 13.2. The van der Waals surface area contributed by atoms with Crippen molar-refractivity contribution in [2.75, 3.05) is 34.2 Å². The molecular formula is C18H26N3O4S+. The van der Waals surface area contributed by atoms with Gasteiger partial charge in [0.15, 0.2) is 11.8 Å². The third kappa shape index (κ3) is 4.94. The summed E-state index contributed by atoms with van der Waals surface area (Å²) in [7, 11) is 1.63. The van der Waals surface area contributed by atoms with E-state index in [4.69, 9.17) is 4.42 Å². The first-order chi connectivity index (χ1) is 12.2. The summed E-state index contributed by atoms with van der Waals surface area (Å²) >= 11 is 0. The highest BCUT2D eigenvalue weighted by Crippen LogP contribution is 2.14. The van der Waals surface area contributed by atoms with E-state index in [0.29, 0.717) is 6.54 Å². The van der Waals surface area contributed by atoms with Crippen LogP contribution in [0.25, 0.3) is 0 Å². The van der Waals surface area contributed by atoms with Gasteiger partial charge in [-0.25, -0.2) is 8.42 Å². The first-order valence-corrected chi connectivity index (χ1v) is 9.79. The van der Waals surface area contributed by atoms with Gasteiger partial charge in [0.25, 0.3) is 0 Å². The fourth-order valence-electron chi connectivity index (χ4n) is 2.53. The maximum Gasteiger partial charge on any atom is 0.243 e. The van der Waals surface area contributed by atoms with Crippen molar-refractivity contribution in [2.45, 2.75) is 17.9 Å². The van der Waals surface area contributed by atoms with Crippen LogP contribution in [-0.4, -0.2) is 52.9 Å². The number of hydrogen-bond acceptors (Lipinski definition) is 4. The van der Waals surface area contributed by atoms with Gasteiger partial charge < -0.3 is 14.6 Å². The van der Waals surface area contributed by atoms with Crippen LogP contribution in [0.3, 0.4) is 0 Å². The fourth-order valence-corrected chi connectivity index (χ4v) is 3.66. The summed E-state index contributed by atoms with van der Waals surface area (Å²) in [4.78, 5) is 13.5. The molecule has 0 aliphatic heterocycles. The molecule has 1 heterocycles. The molecule has 142 valence electrons. The summed E-state index contributed by atoms with van der Waals surface area (Å²) in [5, 5.41) is 2.79. The Balaban J connectivity index is 1.97. The van der Waals surface area contributed by atoms with E-state index in [2.05, 4.69) is 5.32 Å². The summed E-state index contributed by atoms with van der Waals surface area (Å²) in [6.45, 7) is 1.99. The van der Waals surface area contributed by atoms with Gasteiger partial charge in [-0.05, 0) is 31.2 Å². The van der Waals surface area contributed by atoms with E-state index in [0.717, 1.165) is 20.5 Å². The molecule has 1 amide bonds. The Kier molecular flexibility index (Phi) is 6.57.